The number of hydrogen-bond acceptors (Lipinski definition) is 4. The van der Waals surface area contributed by atoms with E-state index in [1.54, 1.807) is 31.4 Å². The highest BCUT2D eigenvalue weighted by Crippen LogP contribution is 2.23. The minimum absolute atomic E-state index is 0.00691. The molecule has 1 fully saturated rings. The van der Waals surface area contributed by atoms with E-state index in [4.69, 9.17) is 15.6 Å². The van der Waals surface area contributed by atoms with Crippen molar-refractivity contribution in [1.82, 2.24) is 4.90 Å². The Kier molecular flexibility index (Phi) is 5.83. The van der Waals surface area contributed by atoms with Crippen molar-refractivity contribution < 1.29 is 14.6 Å². The third-order valence-electron chi connectivity index (χ3n) is 4.04. The smallest absolute Gasteiger partial charge is 0.246 e. The van der Waals surface area contributed by atoms with Crippen LogP contribution in [0.1, 0.15) is 31.2 Å². The molecule has 1 unspecified atom stereocenters. The van der Waals surface area contributed by atoms with E-state index in [-0.39, 0.29) is 18.6 Å². The molecule has 22 heavy (non-hydrogen) atoms. The number of likely N-dealkylation sites (tertiary alicyclic amines) is 1. The largest absolute Gasteiger partial charge is 0.495 e. The van der Waals surface area contributed by atoms with Crippen molar-refractivity contribution in [3.63, 3.8) is 0 Å². The summed E-state index contributed by atoms with van der Waals surface area (Å²) in [5.74, 6) is 0.620. The number of carbonyl (C=O) groups excluding carboxylic acids is 1. The van der Waals surface area contributed by atoms with Gasteiger partial charge >= 0.3 is 0 Å². The maximum atomic E-state index is 12.4. The number of amides is 1. The number of rotatable bonds is 5. The maximum Gasteiger partial charge on any atom is 0.246 e. The number of anilines is 1. The Balaban J connectivity index is 2.05. The molecule has 1 aliphatic heterocycles. The summed E-state index contributed by atoms with van der Waals surface area (Å²) in [4.78, 5) is 14.2. The quantitative estimate of drug-likeness (QED) is 0.645. The number of aliphatic hydroxyl groups excluding tert-OH is 1. The molecular weight excluding hydrogens is 280 g/mol. The molecule has 1 aromatic carbocycles. The number of aliphatic hydroxyl groups is 1. The van der Waals surface area contributed by atoms with Crippen LogP contribution in [-0.4, -0.2) is 42.2 Å². The van der Waals surface area contributed by atoms with Gasteiger partial charge in [0.05, 0.1) is 12.8 Å². The van der Waals surface area contributed by atoms with Crippen LogP contribution in [0.5, 0.6) is 5.75 Å². The normalized spacial score (nSPS) is 18.6. The summed E-state index contributed by atoms with van der Waals surface area (Å²) in [6.45, 7) is 0.881. The summed E-state index contributed by atoms with van der Waals surface area (Å²) in [7, 11) is 1.57. The Labute approximate surface area is 131 Å². The van der Waals surface area contributed by atoms with Crippen LogP contribution < -0.4 is 10.5 Å². The molecule has 0 spiro atoms. The molecule has 1 saturated heterocycles. The zero-order valence-corrected chi connectivity index (χ0v) is 13.0. The van der Waals surface area contributed by atoms with Crippen LogP contribution in [0.2, 0.25) is 0 Å². The first-order valence-corrected chi connectivity index (χ1v) is 7.68. The molecule has 3 N–H and O–H groups in total. The number of benzene rings is 1. The lowest BCUT2D eigenvalue weighted by molar-refractivity contribution is -0.129. The van der Waals surface area contributed by atoms with Gasteiger partial charge in [0.2, 0.25) is 5.91 Å². The van der Waals surface area contributed by atoms with Gasteiger partial charge in [0.25, 0.3) is 0 Å². The fourth-order valence-corrected chi connectivity index (χ4v) is 2.86. The Hall–Kier alpha value is -2.01. The van der Waals surface area contributed by atoms with Crippen LogP contribution >= 0.6 is 0 Å². The number of piperidine rings is 1. The number of nitrogen functional groups attached to an aromatic ring is 1. The molecule has 0 bridgehead atoms. The first-order chi connectivity index (χ1) is 10.7. The highest BCUT2D eigenvalue weighted by Gasteiger charge is 2.24. The maximum absolute atomic E-state index is 12.4. The molecule has 5 heteroatoms. The van der Waals surface area contributed by atoms with Gasteiger partial charge in [-0.05, 0) is 49.5 Å². The summed E-state index contributed by atoms with van der Waals surface area (Å²) in [6.07, 6.45) is 7.11. The van der Waals surface area contributed by atoms with Crippen molar-refractivity contribution in [1.29, 1.82) is 0 Å². The number of nitrogens with two attached hydrogens (primary N) is 1. The molecule has 1 aromatic rings. The molecule has 0 radical (unpaired) electrons. The van der Waals surface area contributed by atoms with E-state index < -0.39 is 0 Å². The van der Waals surface area contributed by atoms with E-state index >= 15 is 0 Å². The molecule has 0 aromatic heterocycles. The Bertz CT molecular complexity index is 541. The third-order valence-corrected chi connectivity index (χ3v) is 4.04. The van der Waals surface area contributed by atoms with Gasteiger partial charge in [0, 0.05) is 25.3 Å². The second-order valence-corrected chi connectivity index (χ2v) is 5.53. The Morgan fingerprint density at radius 3 is 3.00 bits per heavy atom. The fraction of sp³-hybridized carbons (Fsp3) is 0.471. The van der Waals surface area contributed by atoms with E-state index in [9.17, 15) is 4.79 Å². The molecule has 2 rings (SSSR count). The summed E-state index contributed by atoms with van der Waals surface area (Å²) in [5, 5.41) is 9.12. The lowest BCUT2D eigenvalue weighted by atomic mass is 9.99. The molecule has 1 aliphatic rings. The fourth-order valence-electron chi connectivity index (χ4n) is 2.86. The van der Waals surface area contributed by atoms with Gasteiger partial charge in [-0.1, -0.05) is 6.07 Å². The van der Waals surface area contributed by atoms with Crippen molar-refractivity contribution in [2.24, 2.45) is 0 Å². The number of nitrogens with zero attached hydrogens (tertiary/aromatic N) is 1. The van der Waals surface area contributed by atoms with E-state index in [2.05, 4.69) is 0 Å². The van der Waals surface area contributed by atoms with Gasteiger partial charge in [0.1, 0.15) is 5.75 Å². The van der Waals surface area contributed by atoms with Crippen LogP contribution in [0.25, 0.3) is 6.08 Å². The molecule has 120 valence electrons. The first-order valence-electron chi connectivity index (χ1n) is 7.68. The van der Waals surface area contributed by atoms with Crippen molar-refractivity contribution in [2.45, 2.75) is 31.7 Å². The van der Waals surface area contributed by atoms with Crippen LogP contribution in [-0.2, 0) is 4.79 Å². The van der Waals surface area contributed by atoms with Gasteiger partial charge in [-0.25, -0.2) is 0 Å². The minimum Gasteiger partial charge on any atom is -0.495 e. The second-order valence-electron chi connectivity index (χ2n) is 5.53. The molecule has 0 saturated carbocycles. The van der Waals surface area contributed by atoms with E-state index in [1.807, 2.05) is 11.0 Å². The van der Waals surface area contributed by atoms with E-state index in [0.29, 0.717) is 17.9 Å². The highest BCUT2D eigenvalue weighted by molar-refractivity contribution is 5.92. The molecule has 1 atom stereocenters. The van der Waals surface area contributed by atoms with Crippen molar-refractivity contribution in [3.8, 4) is 5.75 Å². The topological polar surface area (TPSA) is 75.8 Å². The van der Waals surface area contributed by atoms with Crippen LogP contribution in [0.15, 0.2) is 24.3 Å². The first kappa shape index (κ1) is 16.4. The van der Waals surface area contributed by atoms with Crippen molar-refractivity contribution in [2.75, 3.05) is 26.0 Å². The summed E-state index contributed by atoms with van der Waals surface area (Å²) in [5.41, 5.74) is 7.27. The van der Waals surface area contributed by atoms with Gasteiger partial charge < -0.3 is 20.5 Å². The predicted octanol–water partition coefficient (Wildman–Crippen LogP) is 2.05. The third kappa shape index (κ3) is 4.01. The Morgan fingerprint density at radius 2 is 2.32 bits per heavy atom. The van der Waals surface area contributed by atoms with Crippen molar-refractivity contribution >= 4 is 17.7 Å². The van der Waals surface area contributed by atoms with Gasteiger partial charge in [0.15, 0.2) is 0 Å². The SMILES string of the molecule is COc1ccc(/C=C\C(=O)N2CCCCC2CCO)cc1N. The average molecular weight is 304 g/mol. The highest BCUT2D eigenvalue weighted by atomic mass is 16.5. The second kappa shape index (κ2) is 7.84. The van der Waals surface area contributed by atoms with E-state index in [0.717, 1.165) is 31.4 Å². The van der Waals surface area contributed by atoms with Crippen LogP contribution in [0.4, 0.5) is 5.69 Å². The lowest BCUT2D eigenvalue weighted by Crippen LogP contribution is -2.43. The van der Waals surface area contributed by atoms with Gasteiger partial charge in [-0.15, -0.1) is 0 Å². The van der Waals surface area contributed by atoms with E-state index in [1.165, 1.54) is 0 Å². The molecule has 1 heterocycles. The molecule has 5 nitrogen and oxygen atoms in total. The number of carbonyl (C=O) groups is 1. The molecule has 1 amide bonds. The number of hydrogen-bond donors (Lipinski definition) is 2. The standard InChI is InChI=1S/C17H24N2O3/c1-22-16-7-5-13(12-15(16)18)6-8-17(21)19-10-3-2-4-14(19)9-11-20/h5-8,12,14,20H,2-4,9-11,18H2,1H3/b8-6-. The molecule has 0 aliphatic carbocycles. The summed E-state index contributed by atoms with van der Waals surface area (Å²) < 4.78 is 5.11. The summed E-state index contributed by atoms with van der Waals surface area (Å²) in [6, 6.07) is 5.58. The van der Waals surface area contributed by atoms with Gasteiger partial charge in [-0.2, -0.15) is 0 Å². The monoisotopic (exact) mass is 304 g/mol. The van der Waals surface area contributed by atoms with Crippen LogP contribution in [0.3, 0.4) is 0 Å². The number of methoxy groups -OCH3 is 1. The number of ether oxygens (including phenoxy) is 1. The van der Waals surface area contributed by atoms with Gasteiger partial charge in [-0.3, -0.25) is 4.79 Å². The van der Waals surface area contributed by atoms with Crippen molar-refractivity contribution in [3.05, 3.63) is 29.8 Å². The zero-order valence-electron chi connectivity index (χ0n) is 13.0. The predicted molar refractivity (Wildman–Crippen MR) is 87.5 cm³/mol. The minimum atomic E-state index is -0.00691. The summed E-state index contributed by atoms with van der Waals surface area (Å²) >= 11 is 0. The zero-order chi connectivity index (χ0) is 15.9. The lowest BCUT2D eigenvalue weighted by Gasteiger charge is -2.34. The average Bonchev–Trinajstić information content (AvgIpc) is 2.53. The van der Waals surface area contributed by atoms with Crippen LogP contribution in [0, 0.1) is 0 Å². The molecular formula is C17H24N2O3. The Morgan fingerprint density at radius 1 is 1.50 bits per heavy atom.